The minimum atomic E-state index is -0.446. The monoisotopic (exact) mass is 369 g/mol. The standard InChI is InChI=1S/C19H19N3O3S/c1-12-6-4-7-13(2)17(12)20-16(23)11-22-18(24)15(26-19(22)25)10-14-8-5-9-21(14)3/h4-10H,11H2,1-3H3,(H,20,23)/b15-10+. The highest BCUT2D eigenvalue weighted by Gasteiger charge is 2.36. The number of para-hydroxylation sites is 1. The molecule has 2 aromatic rings. The third-order valence-corrected chi connectivity index (χ3v) is 5.09. The summed E-state index contributed by atoms with van der Waals surface area (Å²) in [6.07, 6.45) is 3.52. The van der Waals surface area contributed by atoms with Crippen molar-refractivity contribution in [2.75, 3.05) is 11.9 Å². The van der Waals surface area contributed by atoms with Crippen molar-refractivity contribution in [3.63, 3.8) is 0 Å². The van der Waals surface area contributed by atoms with Gasteiger partial charge in [0.15, 0.2) is 0 Å². The molecule has 1 N–H and O–H groups in total. The number of benzene rings is 1. The van der Waals surface area contributed by atoms with Gasteiger partial charge in [0.05, 0.1) is 4.91 Å². The van der Waals surface area contributed by atoms with Gasteiger partial charge in [-0.3, -0.25) is 19.3 Å². The lowest BCUT2D eigenvalue weighted by Crippen LogP contribution is -2.36. The van der Waals surface area contributed by atoms with Gasteiger partial charge in [-0.15, -0.1) is 0 Å². The van der Waals surface area contributed by atoms with Gasteiger partial charge in [0.2, 0.25) is 5.91 Å². The average molecular weight is 369 g/mol. The number of aromatic nitrogens is 1. The number of nitrogens with one attached hydrogen (secondary N) is 1. The van der Waals surface area contributed by atoms with E-state index in [4.69, 9.17) is 0 Å². The summed E-state index contributed by atoms with van der Waals surface area (Å²) in [6, 6.07) is 9.40. The zero-order valence-corrected chi connectivity index (χ0v) is 15.6. The van der Waals surface area contributed by atoms with Crippen LogP contribution in [-0.2, 0) is 16.6 Å². The summed E-state index contributed by atoms with van der Waals surface area (Å²) < 4.78 is 1.85. The first-order valence-corrected chi connectivity index (χ1v) is 8.91. The van der Waals surface area contributed by atoms with Crippen LogP contribution in [-0.4, -0.2) is 33.1 Å². The van der Waals surface area contributed by atoms with Crippen LogP contribution in [0.15, 0.2) is 41.4 Å². The lowest BCUT2D eigenvalue weighted by molar-refractivity contribution is -0.127. The molecule has 134 valence electrons. The SMILES string of the molecule is Cc1cccc(C)c1NC(=O)CN1C(=O)S/C(=C/c2cccn2C)C1=O. The van der Waals surface area contributed by atoms with Gasteiger partial charge in [-0.25, -0.2) is 0 Å². The molecular formula is C19H19N3O3S. The van der Waals surface area contributed by atoms with E-state index in [0.29, 0.717) is 10.6 Å². The Hall–Kier alpha value is -2.80. The number of carbonyl (C=O) groups excluding carboxylic acids is 3. The first-order chi connectivity index (χ1) is 12.4. The fourth-order valence-corrected chi connectivity index (χ4v) is 3.55. The molecule has 1 aromatic carbocycles. The molecule has 0 saturated carbocycles. The van der Waals surface area contributed by atoms with Crippen molar-refractivity contribution in [2.24, 2.45) is 7.05 Å². The largest absolute Gasteiger partial charge is 0.351 e. The molecule has 0 radical (unpaired) electrons. The molecule has 2 heterocycles. The van der Waals surface area contributed by atoms with Gasteiger partial charge < -0.3 is 9.88 Å². The van der Waals surface area contributed by atoms with Crippen molar-refractivity contribution in [1.82, 2.24) is 9.47 Å². The summed E-state index contributed by atoms with van der Waals surface area (Å²) in [5, 5.41) is 2.36. The van der Waals surface area contributed by atoms with Gasteiger partial charge >= 0.3 is 0 Å². The highest BCUT2D eigenvalue weighted by molar-refractivity contribution is 8.18. The van der Waals surface area contributed by atoms with Crippen LogP contribution in [0.5, 0.6) is 0 Å². The highest BCUT2D eigenvalue weighted by atomic mass is 32.2. The van der Waals surface area contributed by atoms with E-state index < -0.39 is 17.1 Å². The van der Waals surface area contributed by atoms with Gasteiger partial charge in [0, 0.05) is 24.6 Å². The fraction of sp³-hybridized carbons (Fsp3) is 0.211. The Morgan fingerprint density at radius 1 is 1.15 bits per heavy atom. The summed E-state index contributed by atoms with van der Waals surface area (Å²) in [7, 11) is 1.86. The maximum Gasteiger partial charge on any atom is 0.294 e. The van der Waals surface area contributed by atoms with E-state index in [2.05, 4.69) is 5.32 Å². The van der Waals surface area contributed by atoms with E-state index in [1.807, 2.05) is 62.0 Å². The molecule has 1 fully saturated rings. The molecule has 0 spiro atoms. The van der Waals surface area contributed by atoms with E-state index in [9.17, 15) is 14.4 Å². The predicted molar refractivity (Wildman–Crippen MR) is 103 cm³/mol. The molecule has 0 unspecified atom stereocenters. The first kappa shape index (κ1) is 18.0. The fourth-order valence-electron chi connectivity index (χ4n) is 2.73. The third-order valence-electron chi connectivity index (χ3n) is 4.18. The van der Waals surface area contributed by atoms with Crippen LogP contribution < -0.4 is 5.32 Å². The molecule has 7 heteroatoms. The van der Waals surface area contributed by atoms with Crippen LogP contribution in [0, 0.1) is 13.8 Å². The van der Waals surface area contributed by atoms with Gasteiger partial charge in [0.25, 0.3) is 11.1 Å². The number of amides is 3. The molecule has 0 aliphatic carbocycles. The van der Waals surface area contributed by atoms with Crippen molar-refractivity contribution in [2.45, 2.75) is 13.8 Å². The van der Waals surface area contributed by atoms with Crippen LogP contribution in [0.1, 0.15) is 16.8 Å². The maximum absolute atomic E-state index is 12.5. The van der Waals surface area contributed by atoms with Gasteiger partial charge in [0.1, 0.15) is 6.54 Å². The van der Waals surface area contributed by atoms with E-state index in [1.54, 1.807) is 6.08 Å². The van der Waals surface area contributed by atoms with Gasteiger partial charge in [-0.05, 0) is 54.9 Å². The first-order valence-electron chi connectivity index (χ1n) is 8.09. The summed E-state index contributed by atoms with van der Waals surface area (Å²) in [5.74, 6) is -0.845. The summed E-state index contributed by atoms with van der Waals surface area (Å²) >= 11 is 0.849. The minimum Gasteiger partial charge on any atom is -0.351 e. The topological polar surface area (TPSA) is 71.4 Å². The maximum atomic E-state index is 12.5. The number of thioether (sulfide) groups is 1. The van der Waals surface area contributed by atoms with E-state index >= 15 is 0 Å². The molecule has 1 saturated heterocycles. The quantitative estimate of drug-likeness (QED) is 0.840. The molecule has 0 atom stereocenters. The molecule has 26 heavy (non-hydrogen) atoms. The number of anilines is 1. The highest BCUT2D eigenvalue weighted by Crippen LogP contribution is 2.32. The molecule has 3 amide bonds. The summed E-state index contributed by atoms with van der Waals surface area (Å²) in [6.45, 7) is 3.49. The number of imide groups is 1. The number of hydrogen-bond acceptors (Lipinski definition) is 4. The number of carbonyl (C=O) groups is 3. The van der Waals surface area contributed by atoms with Gasteiger partial charge in [-0.1, -0.05) is 18.2 Å². The van der Waals surface area contributed by atoms with E-state index in [-0.39, 0.29) is 6.54 Å². The van der Waals surface area contributed by atoms with Crippen molar-refractivity contribution in [1.29, 1.82) is 0 Å². The van der Waals surface area contributed by atoms with Crippen LogP contribution in [0.25, 0.3) is 6.08 Å². The van der Waals surface area contributed by atoms with Crippen LogP contribution in [0.3, 0.4) is 0 Å². The van der Waals surface area contributed by atoms with Crippen LogP contribution in [0.4, 0.5) is 10.5 Å². The number of hydrogen-bond donors (Lipinski definition) is 1. The normalized spacial score (nSPS) is 15.8. The molecule has 1 aliphatic rings. The summed E-state index contributed by atoms with van der Waals surface area (Å²) in [4.78, 5) is 38.3. The van der Waals surface area contributed by atoms with Crippen molar-refractivity contribution < 1.29 is 14.4 Å². The lowest BCUT2D eigenvalue weighted by atomic mass is 10.1. The molecule has 0 bridgehead atoms. The van der Waals surface area contributed by atoms with Crippen LogP contribution >= 0.6 is 11.8 Å². The second-order valence-corrected chi connectivity index (χ2v) is 7.12. The zero-order valence-electron chi connectivity index (χ0n) is 14.8. The Bertz CT molecular complexity index is 910. The van der Waals surface area contributed by atoms with E-state index in [1.165, 1.54) is 0 Å². The van der Waals surface area contributed by atoms with Crippen molar-refractivity contribution >= 4 is 40.6 Å². The predicted octanol–water partition coefficient (Wildman–Crippen LogP) is 3.32. The Morgan fingerprint density at radius 2 is 1.85 bits per heavy atom. The Morgan fingerprint density at radius 3 is 2.46 bits per heavy atom. The second-order valence-electron chi connectivity index (χ2n) is 6.13. The molecular weight excluding hydrogens is 350 g/mol. The summed E-state index contributed by atoms with van der Waals surface area (Å²) in [5.41, 5.74) is 3.38. The Kier molecular flexibility index (Phi) is 4.99. The third kappa shape index (κ3) is 3.57. The second kappa shape index (κ2) is 7.21. The average Bonchev–Trinajstić information content (AvgIpc) is 3.10. The lowest BCUT2D eigenvalue weighted by Gasteiger charge is -2.15. The Labute approximate surface area is 155 Å². The smallest absolute Gasteiger partial charge is 0.294 e. The number of aryl methyl sites for hydroxylation is 3. The molecule has 3 rings (SSSR count). The molecule has 1 aliphatic heterocycles. The minimum absolute atomic E-state index is 0.303. The van der Waals surface area contributed by atoms with Crippen LogP contribution in [0.2, 0.25) is 0 Å². The van der Waals surface area contributed by atoms with Gasteiger partial charge in [-0.2, -0.15) is 0 Å². The number of nitrogens with zero attached hydrogens (tertiary/aromatic N) is 2. The van der Waals surface area contributed by atoms with E-state index in [0.717, 1.165) is 33.5 Å². The molecule has 6 nitrogen and oxygen atoms in total. The number of rotatable bonds is 4. The van der Waals surface area contributed by atoms with Crippen molar-refractivity contribution in [3.8, 4) is 0 Å². The zero-order chi connectivity index (χ0) is 18.8. The Balaban J connectivity index is 1.73. The molecule has 1 aromatic heterocycles. The van der Waals surface area contributed by atoms with Crippen molar-refractivity contribution in [3.05, 3.63) is 58.3 Å².